The van der Waals surface area contributed by atoms with E-state index in [0.29, 0.717) is 0 Å². The van der Waals surface area contributed by atoms with E-state index in [1.165, 1.54) is 32.1 Å². The van der Waals surface area contributed by atoms with Gasteiger partial charge < -0.3 is 4.57 Å². The predicted molar refractivity (Wildman–Crippen MR) is 98.0 cm³/mol. The minimum Gasteiger partial charge on any atom is -0.314 e. The van der Waals surface area contributed by atoms with Crippen LogP contribution in [-0.2, 0) is 4.57 Å². The van der Waals surface area contributed by atoms with Crippen LogP contribution < -0.4 is 10.6 Å². The van der Waals surface area contributed by atoms with Gasteiger partial charge in [-0.3, -0.25) is 0 Å². The van der Waals surface area contributed by atoms with E-state index in [1.807, 2.05) is 60.7 Å². The van der Waals surface area contributed by atoms with Gasteiger partial charge in [0.25, 0.3) is 0 Å². The topological polar surface area (TPSA) is 17.1 Å². The maximum atomic E-state index is 13.7. The molecule has 2 heteroatoms. The average Bonchev–Trinajstić information content (AvgIpc) is 2.59. The zero-order valence-corrected chi connectivity index (χ0v) is 14.5. The zero-order valence-electron chi connectivity index (χ0n) is 13.6. The maximum absolute atomic E-state index is 13.7. The Morgan fingerprint density at radius 2 is 1.14 bits per heavy atom. The second kappa shape index (κ2) is 8.96. The van der Waals surface area contributed by atoms with Crippen molar-refractivity contribution < 1.29 is 4.57 Å². The lowest BCUT2D eigenvalue weighted by Crippen LogP contribution is -2.18. The lowest BCUT2D eigenvalue weighted by molar-refractivity contribution is 0.580. The molecular weight excluding hydrogens is 287 g/mol. The van der Waals surface area contributed by atoms with Crippen molar-refractivity contribution in [1.29, 1.82) is 0 Å². The number of rotatable bonds is 9. The van der Waals surface area contributed by atoms with E-state index in [0.717, 1.165) is 23.2 Å². The lowest BCUT2D eigenvalue weighted by Gasteiger charge is -2.19. The summed E-state index contributed by atoms with van der Waals surface area (Å²) in [7, 11) is -2.48. The Balaban J connectivity index is 2.09. The van der Waals surface area contributed by atoms with Crippen molar-refractivity contribution in [1.82, 2.24) is 0 Å². The minimum absolute atomic E-state index is 0.785. The third kappa shape index (κ3) is 4.58. The van der Waals surface area contributed by atoms with E-state index in [2.05, 4.69) is 6.92 Å². The Hall–Kier alpha value is -1.33. The number of benzene rings is 2. The summed E-state index contributed by atoms with van der Waals surface area (Å²) in [6, 6.07) is 20.0. The SMILES string of the molecule is CCCCCCCCP(=O)(c1ccccc1)c1ccccc1. The smallest absolute Gasteiger partial charge is 0.143 e. The molecule has 0 spiro atoms. The van der Waals surface area contributed by atoms with Gasteiger partial charge in [0.05, 0.1) is 0 Å². The first-order valence-corrected chi connectivity index (χ1v) is 10.4. The van der Waals surface area contributed by atoms with Crippen molar-refractivity contribution in [3.8, 4) is 0 Å². The van der Waals surface area contributed by atoms with Crippen molar-refractivity contribution in [2.75, 3.05) is 6.16 Å². The molecule has 1 nitrogen and oxygen atoms in total. The van der Waals surface area contributed by atoms with Crippen molar-refractivity contribution in [2.24, 2.45) is 0 Å². The van der Waals surface area contributed by atoms with Gasteiger partial charge in [-0.25, -0.2) is 0 Å². The molecule has 0 radical (unpaired) electrons. The molecule has 0 fully saturated rings. The molecule has 0 saturated carbocycles. The molecule has 0 amide bonds. The maximum Gasteiger partial charge on any atom is 0.143 e. The monoisotopic (exact) mass is 314 g/mol. The summed E-state index contributed by atoms with van der Waals surface area (Å²) < 4.78 is 13.7. The van der Waals surface area contributed by atoms with E-state index in [-0.39, 0.29) is 0 Å². The molecule has 0 aliphatic heterocycles. The summed E-state index contributed by atoms with van der Waals surface area (Å²) in [5.74, 6) is 0. The Morgan fingerprint density at radius 1 is 0.682 bits per heavy atom. The Kier molecular flexibility index (Phi) is 6.93. The molecule has 2 aromatic carbocycles. The van der Waals surface area contributed by atoms with Gasteiger partial charge in [0, 0.05) is 16.8 Å². The first kappa shape index (κ1) is 17.0. The number of unbranched alkanes of at least 4 members (excludes halogenated alkanes) is 5. The first-order valence-electron chi connectivity index (χ1n) is 8.47. The van der Waals surface area contributed by atoms with Gasteiger partial charge in [0.1, 0.15) is 7.14 Å². The van der Waals surface area contributed by atoms with Gasteiger partial charge in [0.15, 0.2) is 0 Å². The van der Waals surface area contributed by atoms with E-state index < -0.39 is 7.14 Å². The minimum atomic E-state index is -2.48. The summed E-state index contributed by atoms with van der Waals surface area (Å²) in [4.78, 5) is 0. The van der Waals surface area contributed by atoms with Crippen molar-refractivity contribution in [3.63, 3.8) is 0 Å². The standard InChI is InChI=1S/C20H27OP/c1-2-3-4-5-6-13-18-22(21,19-14-9-7-10-15-19)20-16-11-8-12-17-20/h7-12,14-17H,2-6,13,18H2,1H3. The summed E-state index contributed by atoms with van der Waals surface area (Å²) in [5.41, 5.74) is 0. The highest BCUT2D eigenvalue weighted by molar-refractivity contribution is 7.78. The van der Waals surface area contributed by atoms with Crippen molar-refractivity contribution in [2.45, 2.75) is 45.4 Å². The fourth-order valence-electron chi connectivity index (χ4n) is 2.86. The van der Waals surface area contributed by atoms with Crippen LogP contribution in [-0.4, -0.2) is 6.16 Å². The number of hydrogen-bond donors (Lipinski definition) is 0. The Bertz CT molecular complexity index is 534. The molecule has 0 aliphatic carbocycles. The molecule has 2 rings (SSSR count). The Labute approximate surface area is 135 Å². The highest BCUT2D eigenvalue weighted by Gasteiger charge is 2.26. The van der Waals surface area contributed by atoms with Gasteiger partial charge in [-0.05, 0) is 6.42 Å². The Morgan fingerprint density at radius 3 is 1.64 bits per heavy atom. The van der Waals surface area contributed by atoms with Gasteiger partial charge in [-0.1, -0.05) is 99.7 Å². The largest absolute Gasteiger partial charge is 0.314 e. The summed E-state index contributed by atoms with van der Waals surface area (Å²) in [5, 5.41) is 1.99. The zero-order chi connectivity index (χ0) is 15.7. The highest BCUT2D eigenvalue weighted by atomic mass is 31.2. The third-order valence-electron chi connectivity index (χ3n) is 4.17. The third-order valence-corrected chi connectivity index (χ3v) is 7.38. The molecule has 118 valence electrons. The van der Waals surface area contributed by atoms with E-state index in [4.69, 9.17) is 0 Å². The van der Waals surface area contributed by atoms with Gasteiger partial charge in [0.2, 0.25) is 0 Å². The summed E-state index contributed by atoms with van der Waals surface area (Å²) in [6.45, 7) is 2.24. The molecule has 22 heavy (non-hydrogen) atoms. The molecule has 0 atom stereocenters. The predicted octanol–water partition coefficient (Wildman–Crippen LogP) is 5.36. The van der Waals surface area contributed by atoms with E-state index in [9.17, 15) is 4.57 Å². The normalized spacial score (nSPS) is 11.5. The molecule has 0 heterocycles. The molecule has 0 bridgehead atoms. The molecule has 0 aromatic heterocycles. The van der Waals surface area contributed by atoms with Gasteiger partial charge in [-0.2, -0.15) is 0 Å². The van der Waals surface area contributed by atoms with Crippen LogP contribution >= 0.6 is 7.14 Å². The van der Waals surface area contributed by atoms with Crippen molar-refractivity contribution >= 4 is 17.8 Å². The summed E-state index contributed by atoms with van der Waals surface area (Å²) in [6.07, 6.45) is 8.16. The molecule has 2 aromatic rings. The molecule has 0 N–H and O–H groups in total. The van der Waals surface area contributed by atoms with Gasteiger partial charge in [-0.15, -0.1) is 0 Å². The van der Waals surface area contributed by atoms with Crippen LogP contribution in [0.1, 0.15) is 45.4 Å². The van der Waals surface area contributed by atoms with E-state index >= 15 is 0 Å². The van der Waals surface area contributed by atoms with Crippen LogP contribution in [0.15, 0.2) is 60.7 Å². The first-order chi connectivity index (χ1) is 10.8. The van der Waals surface area contributed by atoms with Crippen LogP contribution in [0.25, 0.3) is 0 Å². The van der Waals surface area contributed by atoms with Crippen LogP contribution in [0, 0.1) is 0 Å². The fraction of sp³-hybridized carbons (Fsp3) is 0.400. The van der Waals surface area contributed by atoms with Crippen LogP contribution in [0.5, 0.6) is 0 Å². The van der Waals surface area contributed by atoms with E-state index in [1.54, 1.807) is 0 Å². The van der Waals surface area contributed by atoms with Crippen molar-refractivity contribution in [3.05, 3.63) is 60.7 Å². The van der Waals surface area contributed by atoms with Crippen LogP contribution in [0.4, 0.5) is 0 Å². The number of hydrogen-bond acceptors (Lipinski definition) is 1. The molecule has 0 unspecified atom stereocenters. The molecule has 0 aliphatic rings. The highest BCUT2D eigenvalue weighted by Crippen LogP contribution is 2.44. The van der Waals surface area contributed by atoms with Crippen LogP contribution in [0.2, 0.25) is 0 Å². The molecular formula is C20H27OP. The van der Waals surface area contributed by atoms with Gasteiger partial charge >= 0.3 is 0 Å². The van der Waals surface area contributed by atoms with Crippen LogP contribution in [0.3, 0.4) is 0 Å². The second-order valence-electron chi connectivity index (χ2n) is 5.90. The quantitative estimate of drug-likeness (QED) is 0.450. The average molecular weight is 314 g/mol. The second-order valence-corrected chi connectivity index (χ2v) is 8.86. The molecule has 0 saturated heterocycles. The summed E-state index contributed by atoms with van der Waals surface area (Å²) >= 11 is 0. The fourth-order valence-corrected chi connectivity index (χ4v) is 5.65. The lowest BCUT2D eigenvalue weighted by atomic mass is 10.1.